The zero-order valence-corrected chi connectivity index (χ0v) is 14.2. The van der Waals surface area contributed by atoms with Gasteiger partial charge in [-0.3, -0.25) is 0 Å². The van der Waals surface area contributed by atoms with Gasteiger partial charge in [-0.1, -0.05) is 18.0 Å². The summed E-state index contributed by atoms with van der Waals surface area (Å²) in [7, 11) is -3.42. The quantitative estimate of drug-likeness (QED) is 0.823. The minimum Gasteiger partial charge on any atom is -0.207 e. The van der Waals surface area contributed by atoms with Gasteiger partial charge in [0.1, 0.15) is 0 Å². The summed E-state index contributed by atoms with van der Waals surface area (Å²) in [6.07, 6.45) is 5.70. The molecular weight excluding hydrogens is 306 g/mol. The maximum atomic E-state index is 13.0. The number of rotatable bonds is 2. The van der Waals surface area contributed by atoms with E-state index in [2.05, 4.69) is 6.92 Å². The van der Waals surface area contributed by atoms with Gasteiger partial charge in [-0.2, -0.15) is 4.31 Å². The van der Waals surface area contributed by atoms with Crippen molar-refractivity contribution in [1.82, 2.24) is 4.31 Å². The van der Waals surface area contributed by atoms with Crippen LogP contribution in [0.1, 0.15) is 44.6 Å². The van der Waals surface area contributed by atoms with Gasteiger partial charge in [-0.05, 0) is 68.7 Å². The van der Waals surface area contributed by atoms with E-state index in [9.17, 15) is 8.42 Å². The molecule has 0 radical (unpaired) electrons. The highest BCUT2D eigenvalue weighted by molar-refractivity contribution is 7.89. The first kappa shape index (κ1) is 15.3. The van der Waals surface area contributed by atoms with Crippen LogP contribution in [0.25, 0.3) is 0 Å². The number of hydrogen-bond donors (Lipinski definition) is 0. The Morgan fingerprint density at radius 1 is 1.24 bits per heavy atom. The van der Waals surface area contributed by atoms with E-state index in [0.717, 1.165) is 12.0 Å². The third-order valence-corrected chi connectivity index (χ3v) is 7.85. The number of nitrogens with zero attached hydrogens (tertiary/aromatic N) is 1. The average molecular weight is 328 g/mol. The fourth-order valence-corrected chi connectivity index (χ4v) is 5.80. The Balaban J connectivity index is 1.95. The number of benzene rings is 1. The normalized spacial score (nSPS) is 25.8. The fraction of sp³-hybridized carbons (Fsp3) is 0.625. The molecule has 1 saturated carbocycles. The molecule has 0 aromatic heterocycles. The summed E-state index contributed by atoms with van der Waals surface area (Å²) in [5.74, 6) is 0. The SMILES string of the molecule is Cc1cc(S(=O)(=O)N2CCCC3(CCC3)C2C)ccc1Cl. The highest BCUT2D eigenvalue weighted by atomic mass is 35.5. The molecule has 1 saturated heterocycles. The molecule has 116 valence electrons. The third-order valence-electron chi connectivity index (χ3n) is 5.46. The van der Waals surface area contributed by atoms with Crippen LogP contribution in [0.2, 0.25) is 5.02 Å². The molecule has 2 aliphatic rings. The summed E-state index contributed by atoms with van der Waals surface area (Å²) in [5.41, 5.74) is 1.04. The van der Waals surface area contributed by atoms with Crippen LogP contribution in [0.15, 0.2) is 23.1 Å². The van der Waals surface area contributed by atoms with E-state index < -0.39 is 10.0 Å². The molecule has 1 atom stereocenters. The molecule has 21 heavy (non-hydrogen) atoms. The predicted molar refractivity (Wildman–Crippen MR) is 85.1 cm³/mol. The summed E-state index contributed by atoms with van der Waals surface area (Å²) in [4.78, 5) is 0.368. The first-order chi connectivity index (χ1) is 9.87. The van der Waals surface area contributed by atoms with Crippen LogP contribution < -0.4 is 0 Å². The van der Waals surface area contributed by atoms with Gasteiger partial charge < -0.3 is 0 Å². The van der Waals surface area contributed by atoms with Crippen molar-refractivity contribution in [3.8, 4) is 0 Å². The lowest BCUT2D eigenvalue weighted by Crippen LogP contribution is -2.55. The Morgan fingerprint density at radius 2 is 1.90 bits per heavy atom. The molecule has 1 unspecified atom stereocenters. The minimum atomic E-state index is -3.42. The minimum absolute atomic E-state index is 0.0981. The van der Waals surface area contributed by atoms with Gasteiger partial charge in [-0.25, -0.2) is 8.42 Å². The van der Waals surface area contributed by atoms with Crippen LogP contribution in [-0.4, -0.2) is 25.3 Å². The van der Waals surface area contributed by atoms with Crippen LogP contribution in [0.3, 0.4) is 0 Å². The van der Waals surface area contributed by atoms with Crippen LogP contribution in [0.5, 0.6) is 0 Å². The fourth-order valence-electron chi connectivity index (χ4n) is 3.83. The summed E-state index contributed by atoms with van der Waals surface area (Å²) < 4.78 is 27.7. The van der Waals surface area contributed by atoms with Crippen LogP contribution in [0, 0.1) is 12.3 Å². The van der Waals surface area contributed by atoms with Gasteiger partial charge in [0.05, 0.1) is 4.90 Å². The highest BCUT2D eigenvalue weighted by Gasteiger charge is 2.49. The van der Waals surface area contributed by atoms with E-state index in [0.29, 0.717) is 16.5 Å². The Bertz CT molecular complexity index is 652. The van der Waals surface area contributed by atoms with E-state index in [1.54, 1.807) is 22.5 Å². The van der Waals surface area contributed by atoms with Crippen molar-refractivity contribution in [2.75, 3.05) is 6.54 Å². The number of aryl methyl sites for hydroxylation is 1. The van der Waals surface area contributed by atoms with Crippen molar-refractivity contribution in [3.05, 3.63) is 28.8 Å². The second-order valence-corrected chi connectivity index (χ2v) is 8.82. The average Bonchev–Trinajstić information content (AvgIpc) is 2.40. The molecule has 0 N–H and O–H groups in total. The Kier molecular flexibility index (Phi) is 3.83. The summed E-state index contributed by atoms with van der Waals surface area (Å²) in [5, 5.41) is 0.608. The number of hydrogen-bond acceptors (Lipinski definition) is 2. The molecule has 1 aromatic carbocycles. The zero-order valence-electron chi connectivity index (χ0n) is 12.6. The lowest BCUT2D eigenvalue weighted by molar-refractivity contribution is 0.00384. The molecule has 1 heterocycles. The second-order valence-electron chi connectivity index (χ2n) is 6.52. The van der Waals surface area contributed by atoms with Crippen molar-refractivity contribution in [2.45, 2.75) is 56.9 Å². The summed E-state index contributed by atoms with van der Waals surface area (Å²) in [6.45, 7) is 4.56. The molecule has 1 spiro atoms. The third kappa shape index (κ3) is 2.41. The number of halogens is 1. The molecule has 3 rings (SSSR count). The van der Waals surface area contributed by atoms with E-state index in [1.165, 1.54) is 25.7 Å². The maximum Gasteiger partial charge on any atom is 0.243 e. The topological polar surface area (TPSA) is 37.4 Å². The van der Waals surface area contributed by atoms with Crippen LogP contribution >= 0.6 is 11.6 Å². The van der Waals surface area contributed by atoms with Crippen LogP contribution in [0.4, 0.5) is 0 Å². The second kappa shape index (κ2) is 5.25. The lowest BCUT2D eigenvalue weighted by Gasteiger charge is -2.53. The van der Waals surface area contributed by atoms with E-state index in [1.807, 2.05) is 6.92 Å². The molecule has 1 aliphatic carbocycles. The molecule has 1 aliphatic heterocycles. The Morgan fingerprint density at radius 3 is 2.48 bits per heavy atom. The van der Waals surface area contributed by atoms with E-state index in [4.69, 9.17) is 11.6 Å². The monoisotopic (exact) mass is 327 g/mol. The van der Waals surface area contributed by atoms with Gasteiger partial charge in [-0.15, -0.1) is 0 Å². The lowest BCUT2D eigenvalue weighted by atomic mass is 9.60. The smallest absolute Gasteiger partial charge is 0.207 e. The van der Waals surface area contributed by atoms with Crippen molar-refractivity contribution in [1.29, 1.82) is 0 Å². The molecule has 0 bridgehead atoms. The number of piperidine rings is 1. The van der Waals surface area contributed by atoms with Gasteiger partial charge in [0.25, 0.3) is 0 Å². The molecule has 5 heteroatoms. The van der Waals surface area contributed by atoms with Crippen LogP contribution in [-0.2, 0) is 10.0 Å². The largest absolute Gasteiger partial charge is 0.243 e. The molecule has 2 fully saturated rings. The summed E-state index contributed by atoms with van der Waals surface area (Å²) >= 11 is 6.01. The van der Waals surface area contributed by atoms with Gasteiger partial charge in [0, 0.05) is 17.6 Å². The van der Waals surface area contributed by atoms with E-state index in [-0.39, 0.29) is 11.5 Å². The van der Waals surface area contributed by atoms with Crippen molar-refractivity contribution in [3.63, 3.8) is 0 Å². The Labute approximate surface area is 132 Å². The zero-order chi connectivity index (χ0) is 15.3. The van der Waals surface area contributed by atoms with Crippen molar-refractivity contribution in [2.24, 2.45) is 5.41 Å². The van der Waals surface area contributed by atoms with Crippen molar-refractivity contribution < 1.29 is 8.42 Å². The van der Waals surface area contributed by atoms with Crippen molar-refractivity contribution >= 4 is 21.6 Å². The molecule has 1 aromatic rings. The number of sulfonamides is 1. The highest BCUT2D eigenvalue weighted by Crippen LogP contribution is 2.52. The van der Waals surface area contributed by atoms with E-state index >= 15 is 0 Å². The first-order valence-electron chi connectivity index (χ1n) is 7.65. The molecule has 3 nitrogen and oxygen atoms in total. The molecular formula is C16H22ClNO2S. The maximum absolute atomic E-state index is 13.0. The van der Waals surface area contributed by atoms with Gasteiger partial charge in [0.15, 0.2) is 0 Å². The van der Waals surface area contributed by atoms with Gasteiger partial charge >= 0.3 is 0 Å². The molecule has 0 amide bonds. The standard InChI is InChI=1S/C16H22ClNO2S/c1-12-11-14(5-6-15(12)17)21(19,20)18-10-4-9-16(13(18)2)7-3-8-16/h5-6,11,13H,3-4,7-10H2,1-2H3. The predicted octanol–water partition coefficient (Wildman–Crippen LogP) is 3.99. The first-order valence-corrected chi connectivity index (χ1v) is 9.47. The summed E-state index contributed by atoms with van der Waals surface area (Å²) in [6, 6.07) is 5.09. The Hall–Kier alpha value is -0.580. The van der Waals surface area contributed by atoms with Gasteiger partial charge in [0.2, 0.25) is 10.0 Å².